The van der Waals surface area contributed by atoms with Crippen molar-refractivity contribution in [2.75, 3.05) is 19.0 Å². The molecule has 0 aliphatic carbocycles. The fourth-order valence-electron chi connectivity index (χ4n) is 2.44. The van der Waals surface area contributed by atoms with Crippen LogP contribution in [0.5, 0.6) is 11.6 Å². The van der Waals surface area contributed by atoms with Crippen molar-refractivity contribution in [3.05, 3.63) is 52.0 Å². The molecule has 1 N–H and O–H groups in total. The van der Waals surface area contributed by atoms with E-state index in [4.69, 9.17) is 21.1 Å². The Bertz CT molecular complexity index is 975. The highest BCUT2D eigenvalue weighted by molar-refractivity contribution is 7.14. The average molecular weight is 404 g/mol. The second-order valence-corrected chi connectivity index (χ2v) is 6.87. The smallest absolute Gasteiger partial charge is 0.277 e. The molecule has 0 atom stereocenters. The first kappa shape index (κ1) is 19.1. The van der Waals surface area contributed by atoms with Crippen LogP contribution < -0.4 is 14.8 Å². The number of aryl methyl sites for hydroxylation is 1. The van der Waals surface area contributed by atoms with Crippen LogP contribution in [0.4, 0.5) is 5.13 Å². The highest BCUT2D eigenvalue weighted by Gasteiger charge is 2.17. The normalized spacial score (nSPS) is 10.5. The van der Waals surface area contributed by atoms with Crippen LogP contribution in [0.25, 0.3) is 11.3 Å². The summed E-state index contributed by atoms with van der Waals surface area (Å²) in [6.07, 6.45) is 0. The van der Waals surface area contributed by atoms with Gasteiger partial charge in [-0.25, -0.2) is 9.97 Å². The van der Waals surface area contributed by atoms with Gasteiger partial charge in [-0.2, -0.15) is 0 Å². The number of ether oxygens (including phenoxy) is 2. The van der Waals surface area contributed by atoms with Crippen molar-refractivity contribution in [2.24, 2.45) is 0 Å². The molecule has 0 fully saturated rings. The van der Waals surface area contributed by atoms with Crippen LogP contribution in [0, 0.1) is 6.92 Å². The van der Waals surface area contributed by atoms with Crippen LogP contribution in [0.1, 0.15) is 23.0 Å². The molecular formula is C19H18ClN3O3S. The first-order valence-corrected chi connectivity index (χ1v) is 9.48. The van der Waals surface area contributed by atoms with Crippen molar-refractivity contribution in [1.82, 2.24) is 9.97 Å². The summed E-state index contributed by atoms with van der Waals surface area (Å²) in [5.74, 6) is 0.618. The second kappa shape index (κ2) is 8.37. The number of halogens is 1. The molecule has 6 nitrogen and oxygen atoms in total. The van der Waals surface area contributed by atoms with Gasteiger partial charge in [-0.1, -0.05) is 23.2 Å². The summed E-state index contributed by atoms with van der Waals surface area (Å²) in [5.41, 5.74) is 2.77. The van der Waals surface area contributed by atoms with E-state index in [-0.39, 0.29) is 10.7 Å². The highest BCUT2D eigenvalue weighted by Crippen LogP contribution is 2.33. The first-order valence-electron chi connectivity index (χ1n) is 8.23. The number of aromatic nitrogens is 2. The van der Waals surface area contributed by atoms with Gasteiger partial charge < -0.3 is 9.47 Å². The van der Waals surface area contributed by atoms with E-state index in [1.54, 1.807) is 19.2 Å². The minimum absolute atomic E-state index is 0.0903. The molecule has 0 bridgehead atoms. The molecule has 8 heteroatoms. The lowest BCUT2D eigenvalue weighted by Gasteiger charge is -2.07. The Kier molecular flexibility index (Phi) is 5.93. The van der Waals surface area contributed by atoms with Crippen LogP contribution in [0.2, 0.25) is 5.02 Å². The minimum atomic E-state index is -0.446. The van der Waals surface area contributed by atoms with Gasteiger partial charge >= 0.3 is 0 Å². The van der Waals surface area contributed by atoms with Gasteiger partial charge in [0.25, 0.3) is 5.91 Å². The van der Waals surface area contributed by atoms with Crippen LogP contribution in [0.3, 0.4) is 0 Å². The summed E-state index contributed by atoms with van der Waals surface area (Å²) in [6, 6.07) is 9.05. The van der Waals surface area contributed by atoms with Crippen molar-refractivity contribution in [3.8, 4) is 22.9 Å². The fourth-order valence-corrected chi connectivity index (χ4v) is 3.34. The molecule has 1 aromatic carbocycles. The number of carbonyl (C=O) groups excluding carboxylic acids is 1. The Labute approximate surface area is 166 Å². The van der Waals surface area contributed by atoms with Crippen molar-refractivity contribution in [1.29, 1.82) is 0 Å². The quantitative estimate of drug-likeness (QED) is 0.638. The lowest BCUT2D eigenvalue weighted by atomic mass is 10.1. The molecule has 0 saturated heterocycles. The van der Waals surface area contributed by atoms with E-state index in [1.165, 1.54) is 11.3 Å². The van der Waals surface area contributed by atoms with E-state index >= 15 is 0 Å². The number of thiazole rings is 1. The number of carbonyl (C=O) groups is 1. The zero-order valence-electron chi connectivity index (χ0n) is 15.1. The molecule has 2 heterocycles. The molecule has 0 unspecified atom stereocenters. The van der Waals surface area contributed by atoms with E-state index in [9.17, 15) is 4.79 Å². The summed E-state index contributed by atoms with van der Waals surface area (Å²) in [4.78, 5) is 21.2. The lowest BCUT2D eigenvalue weighted by molar-refractivity contribution is 0.102. The Morgan fingerprint density at radius 1 is 1.26 bits per heavy atom. The van der Waals surface area contributed by atoms with Crippen LogP contribution in [-0.2, 0) is 0 Å². The number of hydrogen-bond donors (Lipinski definition) is 1. The maximum absolute atomic E-state index is 12.5. The number of rotatable bonds is 6. The SMILES string of the molecule is CCOc1ccc(Cl)c(C(=O)Nc2nc(-c3cc(C)ccc3OC)cs2)n1. The number of anilines is 1. The predicted octanol–water partition coefficient (Wildman–Crippen LogP) is 4.83. The number of nitrogens with one attached hydrogen (secondary N) is 1. The Balaban J connectivity index is 1.83. The number of benzene rings is 1. The first-order chi connectivity index (χ1) is 13.0. The average Bonchev–Trinajstić information content (AvgIpc) is 3.11. The van der Waals surface area contributed by atoms with E-state index < -0.39 is 5.91 Å². The molecule has 0 spiro atoms. The van der Waals surface area contributed by atoms with E-state index in [1.807, 2.05) is 37.4 Å². The monoisotopic (exact) mass is 403 g/mol. The maximum atomic E-state index is 12.5. The van der Waals surface area contributed by atoms with Gasteiger partial charge in [0.05, 0.1) is 24.4 Å². The summed E-state index contributed by atoms with van der Waals surface area (Å²) in [7, 11) is 1.61. The number of hydrogen-bond acceptors (Lipinski definition) is 6. The highest BCUT2D eigenvalue weighted by atomic mass is 35.5. The standard InChI is InChI=1S/C19H18ClN3O3S/c1-4-26-16-8-6-13(20)17(22-16)18(24)23-19-21-14(10-27-19)12-9-11(2)5-7-15(12)25-3/h5-10H,4H2,1-3H3,(H,21,23,24). The van der Waals surface area contributed by atoms with E-state index in [0.717, 1.165) is 22.6 Å². The third-order valence-electron chi connectivity index (χ3n) is 3.68. The molecular weight excluding hydrogens is 386 g/mol. The van der Waals surface area contributed by atoms with Gasteiger partial charge in [-0.3, -0.25) is 10.1 Å². The fraction of sp³-hybridized carbons (Fsp3) is 0.211. The van der Waals surface area contributed by atoms with Crippen molar-refractivity contribution in [2.45, 2.75) is 13.8 Å². The molecule has 0 aliphatic rings. The summed E-state index contributed by atoms with van der Waals surface area (Å²) < 4.78 is 10.7. The summed E-state index contributed by atoms with van der Waals surface area (Å²) in [5, 5.41) is 5.28. The Hall–Kier alpha value is -2.64. The number of amides is 1. The predicted molar refractivity (Wildman–Crippen MR) is 107 cm³/mol. The zero-order valence-corrected chi connectivity index (χ0v) is 16.6. The molecule has 0 saturated carbocycles. The summed E-state index contributed by atoms with van der Waals surface area (Å²) >= 11 is 7.42. The topological polar surface area (TPSA) is 73.3 Å². The molecule has 2 aromatic heterocycles. The largest absolute Gasteiger partial charge is 0.496 e. The van der Waals surface area contributed by atoms with Crippen molar-refractivity contribution < 1.29 is 14.3 Å². The molecule has 3 rings (SSSR count). The minimum Gasteiger partial charge on any atom is -0.496 e. The van der Waals surface area contributed by atoms with Crippen molar-refractivity contribution in [3.63, 3.8) is 0 Å². The number of pyridine rings is 1. The van der Waals surface area contributed by atoms with Crippen LogP contribution >= 0.6 is 22.9 Å². The molecule has 3 aromatic rings. The third-order valence-corrected chi connectivity index (χ3v) is 4.75. The van der Waals surface area contributed by atoms with Gasteiger partial charge in [-0.15, -0.1) is 11.3 Å². The van der Waals surface area contributed by atoms with E-state index in [0.29, 0.717) is 17.6 Å². The third kappa shape index (κ3) is 4.37. The lowest BCUT2D eigenvalue weighted by Crippen LogP contribution is -2.14. The number of methoxy groups -OCH3 is 1. The number of nitrogens with zero attached hydrogens (tertiary/aromatic N) is 2. The van der Waals surface area contributed by atoms with Crippen LogP contribution in [0.15, 0.2) is 35.7 Å². The van der Waals surface area contributed by atoms with Gasteiger partial charge in [-0.05, 0) is 32.0 Å². The maximum Gasteiger partial charge on any atom is 0.277 e. The molecule has 140 valence electrons. The van der Waals surface area contributed by atoms with E-state index in [2.05, 4.69) is 15.3 Å². The van der Waals surface area contributed by atoms with Gasteiger partial charge in [0.1, 0.15) is 5.75 Å². The molecule has 27 heavy (non-hydrogen) atoms. The molecule has 0 aliphatic heterocycles. The molecule has 1 amide bonds. The van der Waals surface area contributed by atoms with Gasteiger partial charge in [0, 0.05) is 17.0 Å². The Morgan fingerprint density at radius 3 is 2.81 bits per heavy atom. The summed E-state index contributed by atoms with van der Waals surface area (Å²) in [6.45, 7) is 4.29. The van der Waals surface area contributed by atoms with Gasteiger partial charge in [0.2, 0.25) is 5.88 Å². The Morgan fingerprint density at radius 2 is 2.07 bits per heavy atom. The van der Waals surface area contributed by atoms with Gasteiger partial charge in [0.15, 0.2) is 10.8 Å². The zero-order chi connectivity index (χ0) is 19.4. The van der Waals surface area contributed by atoms with Crippen molar-refractivity contribution >= 4 is 34.0 Å². The molecule has 0 radical (unpaired) electrons. The van der Waals surface area contributed by atoms with Crippen LogP contribution in [-0.4, -0.2) is 29.6 Å². The second-order valence-electron chi connectivity index (χ2n) is 5.61.